The number of sulfonamides is 1. The smallest absolute Gasteiger partial charge is 0.275 e. The molecule has 0 fully saturated rings. The molecule has 0 aromatic carbocycles. The summed E-state index contributed by atoms with van der Waals surface area (Å²) in [5, 5.41) is 9.97. The Morgan fingerprint density at radius 1 is 1.56 bits per heavy atom. The van der Waals surface area contributed by atoms with Gasteiger partial charge in [0.15, 0.2) is 5.03 Å². The van der Waals surface area contributed by atoms with Gasteiger partial charge in [-0.3, -0.25) is 14.5 Å². The minimum absolute atomic E-state index is 0.0248. The van der Waals surface area contributed by atoms with Crippen LogP contribution >= 0.6 is 0 Å². The van der Waals surface area contributed by atoms with Gasteiger partial charge in [-0.05, 0) is 13.0 Å². The maximum Gasteiger partial charge on any atom is 0.278 e. The van der Waals surface area contributed by atoms with Gasteiger partial charge in [0.25, 0.3) is 10.0 Å². The molecule has 8 heteroatoms. The van der Waals surface area contributed by atoms with Crippen LogP contribution in [0.1, 0.15) is 6.92 Å². The van der Waals surface area contributed by atoms with Crippen LogP contribution in [0.4, 0.5) is 5.69 Å². The highest BCUT2D eigenvalue weighted by Crippen LogP contribution is 2.12. The molecule has 0 saturated carbocycles. The number of nitrogens with one attached hydrogen (secondary N) is 2. The molecule has 2 heterocycles. The molecule has 86 valence electrons. The molecule has 2 aromatic rings. The molecule has 2 aromatic heterocycles. The fourth-order valence-electron chi connectivity index (χ4n) is 1.19. The predicted octanol–water partition coefficient (Wildman–Crippen LogP) is 0.427. The van der Waals surface area contributed by atoms with Gasteiger partial charge in [-0.25, -0.2) is 0 Å². The van der Waals surface area contributed by atoms with E-state index in [0.29, 0.717) is 12.2 Å². The van der Waals surface area contributed by atoms with Crippen LogP contribution in [-0.4, -0.2) is 28.4 Å². The maximum absolute atomic E-state index is 11.7. The van der Waals surface area contributed by atoms with Crippen molar-refractivity contribution in [3.63, 3.8) is 0 Å². The lowest BCUT2D eigenvalue weighted by Gasteiger charge is -2.02. The Morgan fingerprint density at radius 2 is 2.38 bits per heavy atom. The first-order chi connectivity index (χ1) is 7.62. The monoisotopic (exact) mass is 241 g/mol. The van der Waals surface area contributed by atoms with E-state index in [9.17, 15) is 8.42 Å². The Balaban J connectivity index is 2.21. The van der Waals surface area contributed by atoms with Gasteiger partial charge in [0.05, 0.1) is 18.1 Å². The van der Waals surface area contributed by atoms with Gasteiger partial charge >= 0.3 is 0 Å². The second kappa shape index (κ2) is 3.97. The molecule has 0 aliphatic heterocycles. The molecule has 0 spiro atoms. The molecule has 0 aliphatic carbocycles. The molecule has 2 N–H and O–H groups in total. The van der Waals surface area contributed by atoms with Crippen molar-refractivity contribution in [2.24, 2.45) is 0 Å². The Kier molecular flexibility index (Phi) is 2.65. The van der Waals surface area contributed by atoms with Gasteiger partial charge in [0.1, 0.15) is 0 Å². The third kappa shape index (κ3) is 2.06. The van der Waals surface area contributed by atoms with Crippen LogP contribution in [0.5, 0.6) is 0 Å². The number of anilines is 1. The van der Waals surface area contributed by atoms with Crippen molar-refractivity contribution < 1.29 is 8.42 Å². The van der Waals surface area contributed by atoms with Crippen molar-refractivity contribution in [3.05, 3.63) is 24.7 Å². The number of hydrogen-bond donors (Lipinski definition) is 2. The van der Waals surface area contributed by atoms with Crippen LogP contribution in [-0.2, 0) is 16.6 Å². The Hall–Kier alpha value is -1.83. The zero-order valence-corrected chi connectivity index (χ0v) is 9.40. The second-order valence-corrected chi connectivity index (χ2v) is 4.76. The van der Waals surface area contributed by atoms with E-state index in [1.807, 2.05) is 6.92 Å². The van der Waals surface area contributed by atoms with E-state index in [1.54, 1.807) is 10.9 Å². The third-order valence-electron chi connectivity index (χ3n) is 1.97. The van der Waals surface area contributed by atoms with Gasteiger partial charge in [-0.15, -0.1) is 0 Å². The SMILES string of the molecule is CCn1cc(NS(=O)(=O)c2ccn[nH]2)cn1. The molecule has 0 saturated heterocycles. The minimum Gasteiger partial charge on any atom is -0.275 e. The average Bonchev–Trinajstić information content (AvgIpc) is 2.86. The van der Waals surface area contributed by atoms with Crippen molar-refractivity contribution in [2.75, 3.05) is 4.72 Å². The fraction of sp³-hybridized carbons (Fsp3) is 0.250. The lowest BCUT2D eigenvalue weighted by atomic mass is 10.6. The van der Waals surface area contributed by atoms with Crippen LogP contribution < -0.4 is 4.72 Å². The summed E-state index contributed by atoms with van der Waals surface area (Å²) in [5.74, 6) is 0. The molecule has 0 bridgehead atoms. The number of aryl methyl sites for hydroxylation is 1. The molecule has 0 atom stereocenters. The lowest BCUT2D eigenvalue weighted by molar-refractivity contribution is 0.597. The summed E-state index contributed by atoms with van der Waals surface area (Å²) in [5.41, 5.74) is 0.427. The number of aromatic nitrogens is 4. The summed E-state index contributed by atoms with van der Waals surface area (Å²) in [4.78, 5) is 0. The lowest BCUT2D eigenvalue weighted by Crippen LogP contribution is -2.12. The largest absolute Gasteiger partial charge is 0.278 e. The molecule has 0 radical (unpaired) electrons. The standard InChI is InChI=1S/C8H11N5O2S/c1-2-13-6-7(5-10-13)12-16(14,15)8-3-4-9-11-8/h3-6,12H,2H2,1H3,(H,9,11). The first-order valence-electron chi connectivity index (χ1n) is 4.66. The van der Waals surface area contributed by atoms with Gasteiger partial charge in [-0.1, -0.05) is 0 Å². The normalized spacial score (nSPS) is 11.6. The van der Waals surface area contributed by atoms with Crippen molar-refractivity contribution in [1.82, 2.24) is 20.0 Å². The number of H-pyrrole nitrogens is 1. The summed E-state index contributed by atoms with van der Waals surface area (Å²) < 4.78 is 27.5. The highest BCUT2D eigenvalue weighted by atomic mass is 32.2. The molecule has 0 unspecified atom stereocenters. The van der Waals surface area contributed by atoms with E-state index < -0.39 is 10.0 Å². The van der Waals surface area contributed by atoms with Gasteiger partial charge in [0, 0.05) is 12.7 Å². The highest BCUT2D eigenvalue weighted by Gasteiger charge is 2.15. The summed E-state index contributed by atoms with van der Waals surface area (Å²) >= 11 is 0. The van der Waals surface area contributed by atoms with Crippen LogP contribution in [0, 0.1) is 0 Å². The predicted molar refractivity (Wildman–Crippen MR) is 57.3 cm³/mol. The number of aromatic amines is 1. The first kappa shape index (κ1) is 10.7. The van der Waals surface area contributed by atoms with Crippen LogP contribution in [0.15, 0.2) is 29.7 Å². The average molecular weight is 241 g/mol. The minimum atomic E-state index is -3.59. The molecular weight excluding hydrogens is 230 g/mol. The quantitative estimate of drug-likeness (QED) is 0.811. The Labute approximate surface area is 92.5 Å². The number of rotatable bonds is 4. The van der Waals surface area contributed by atoms with E-state index in [2.05, 4.69) is 20.0 Å². The molecule has 0 aliphatic rings. The topological polar surface area (TPSA) is 92.7 Å². The highest BCUT2D eigenvalue weighted by molar-refractivity contribution is 7.92. The van der Waals surface area contributed by atoms with Crippen molar-refractivity contribution >= 4 is 15.7 Å². The summed E-state index contributed by atoms with van der Waals surface area (Å²) in [6.07, 6.45) is 4.45. The number of hydrogen-bond acceptors (Lipinski definition) is 4. The molecule has 7 nitrogen and oxygen atoms in total. The Bertz CT molecular complexity index is 557. The van der Waals surface area contributed by atoms with E-state index in [-0.39, 0.29) is 5.03 Å². The van der Waals surface area contributed by atoms with Gasteiger partial charge in [0.2, 0.25) is 0 Å². The zero-order chi connectivity index (χ0) is 11.6. The van der Waals surface area contributed by atoms with Crippen LogP contribution in [0.2, 0.25) is 0 Å². The van der Waals surface area contributed by atoms with Crippen molar-refractivity contribution in [2.45, 2.75) is 18.5 Å². The van der Waals surface area contributed by atoms with Gasteiger partial charge in [-0.2, -0.15) is 18.6 Å². The van der Waals surface area contributed by atoms with Crippen molar-refractivity contribution in [3.8, 4) is 0 Å². The number of nitrogens with zero attached hydrogens (tertiary/aromatic N) is 3. The molecular formula is C8H11N5O2S. The van der Waals surface area contributed by atoms with Crippen LogP contribution in [0.3, 0.4) is 0 Å². The third-order valence-corrected chi connectivity index (χ3v) is 3.28. The molecule has 2 rings (SSSR count). The summed E-state index contributed by atoms with van der Waals surface area (Å²) in [6, 6.07) is 1.38. The van der Waals surface area contributed by atoms with E-state index in [0.717, 1.165) is 0 Å². The van der Waals surface area contributed by atoms with Crippen LogP contribution in [0.25, 0.3) is 0 Å². The Morgan fingerprint density at radius 3 is 2.94 bits per heavy atom. The summed E-state index contributed by atoms with van der Waals surface area (Å²) in [6.45, 7) is 2.60. The molecule has 16 heavy (non-hydrogen) atoms. The molecule has 0 amide bonds. The summed E-state index contributed by atoms with van der Waals surface area (Å²) in [7, 11) is -3.59. The van der Waals surface area contributed by atoms with E-state index in [1.165, 1.54) is 18.5 Å². The fourth-order valence-corrected chi connectivity index (χ4v) is 2.13. The first-order valence-corrected chi connectivity index (χ1v) is 6.15. The zero-order valence-electron chi connectivity index (χ0n) is 8.58. The van der Waals surface area contributed by atoms with Crippen molar-refractivity contribution in [1.29, 1.82) is 0 Å². The maximum atomic E-state index is 11.7. The second-order valence-electron chi connectivity index (χ2n) is 3.11. The van der Waals surface area contributed by atoms with E-state index in [4.69, 9.17) is 0 Å². The van der Waals surface area contributed by atoms with Gasteiger partial charge < -0.3 is 0 Å². The van der Waals surface area contributed by atoms with E-state index >= 15 is 0 Å².